The summed E-state index contributed by atoms with van der Waals surface area (Å²) in [6, 6.07) is 7.16. The van der Waals surface area contributed by atoms with Crippen molar-refractivity contribution in [2.24, 2.45) is 10.2 Å². The summed E-state index contributed by atoms with van der Waals surface area (Å²) in [7, 11) is 0. The highest BCUT2D eigenvalue weighted by atomic mass is 16.3. The number of carbonyl (C=O) groups is 1. The van der Waals surface area contributed by atoms with E-state index in [1.165, 1.54) is 12.4 Å². The Labute approximate surface area is 228 Å². The molecule has 0 aliphatic carbocycles. The highest BCUT2D eigenvalue weighted by Crippen LogP contribution is 2.38. The third kappa shape index (κ3) is 7.83. The smallest absolute Gasteiger partial charge is 0.355 e. The lowest BCUT2D eigenvalue weighted by Crippen LogP contribution is -2.28. The van der Waals surface area contributed by atoms with E-state index in [2.05, 4.69) is 62.6 Å². The lowest BCUT2D eigenvalue weighted by molar-refractivity contribution is 0.242. The first-order valence-electron chi connectivity index (χ1n) is 13.0. The van der Waals surface area contributed by atoms with Gasteiger partial charge in [-0.15, -0.1) is 0 Å². The molecule has 2 aromatic rings. The van der Waals surface area contributed by atoms with Gasteiger partial charge >= 0.3 is 6.03 Å². The zero-order valence-electron chi connectivity index (χ0n) is 25.2. The Morgan fingerprint density at radius 1 is 0.605 bits per heavy atom. The molecule has 0 saturated carbocycles. The number of hydrogen-bond donors (Lipinski definition) is 4. The van der Waals surface area contributed by atoms with Crippen LogP contribution < -0.4 is 10.9 Å². The van der Waals surface area contributed by atoms with Gasteiger partial charge in [0.2, 0.25) is 0 Å². The van der Waals surface area contributed by atoms with Crippen molar-refractivity contribution < 1.29 is 15.0 Å². The second-order valence-electron chi connectivity index (χ2n) is 14.0. The molecule has 0 heterocycles. The maximum atomic E-state index is 12.3. The molecule has 0 unspecified atom stereocenters. The van der Waals surface area contributed by atoms with Gasteiger partial charge in [-0.05, 0) is 44.9 Å². The van der Waals surface area contributed by atoms with E-state index in [1.807, 2.05) is 65.8 Å². The van der Waals surface area contributed by atoms with Crippen molar-refractivity contribution in [1.29, 1.82) is 0 Å². The van der Waals surface area contributed by atoms with Gasteiger partial charge in [-0.25, -0.2) is 15.6 Å². The van der Waals surface area contributed by atoms with Crippen molar-refractivity contribution in [1.82, 2.24) is 10.9 Å². The second kappa shape index (κ2) is 10.8. The fourth-order valence-electron chi connectivity index (χ4n) is 3.87. The van der Waals surface area contributed by atoms with E-state index in [0.29, 0.717) is 11.1 Å². The van der Waals surface area contributed by atoms with Crippen LogP contribution in [0.15, 0.2) is 34.5 Å². The molecule has 7 heteroatoms. The molecular weight excluding hydrogens is 476 g/mol. The monoisotopic (exact) mass is 522 g/mol. The van der Waals surface area contributed by atoms with Crippen LogP contribution in [0.25, 0.3) is 0 Å². The molecule has 0 spiro atoms. The lowest BCUT2D eigenvalue weighted by atomic mass is 9.79. The number of carbonyl (C=O) groups excluding carboxylic acids is 1. The Morgan fingerprint density at radius 2 is 0.921 bits per heavy atom. The van der Waals surface area contributed by atoms with Crippen LogP contribution in [0.1, 0.15) is 116 Å². The minimum atomic E-state index is -0.650. The number of phenolic OH excluding ortho intramolecular Hbond substituents is 2. The fourth-order valence-corrected chi connectivity index (χ4v) is 3.87. The van der Waals surface area contributed by atoms with E-state index in [4.69, 9.17) is 0 Å². The van der Waals surface area contributed by atoms with Crippen molar-refractivity contribution in [3.05, 3.63) is 57.6 Å². The Morgan fingerprint density at radius 3 is 1.18 bits per heavy atom. The molecule has 0 radical (unpaired) electrons. The number of urea groups is 1. The van der Waals surface area contributed by atoms with Crippen LogP contribution in [0.5, 0.6) is 11.5 Å². The van der Waals surface area contributed by atoms with Crippen molar-refractivity contribution in [3.8, 4) is 11.5 Å². The van der Waals surface area contributed by atoms with Crippen LogP contribution in [0.2, 0.25) is 0 Å². The van der Waals surface area contributed by atoms with Crippen LogP contribution in [-0.4, -0.2) is 28.7 Å². The zero-order chi connectivity index (χ0) is 29.3. The Hall–Kier alpha value is -3.35. The summed E-state index contributed by atoms with van der Waals surface area (Å²) in [5, 5.41) is 29.8. The predicted octanol–water partition coefficient (Wildman–Crippen LogP) is 6.96. The molecule has 0 bridgehead atoms. The molecule has 208 valence electrons. The molecule has 0 aliphatic rings. The molecule has 0 saturated heterocycles. The summed E-state index contributed by atoms with van der Waals surface area (Å²) >= 11 is 0. The Kier molecular flexibility index (Phi) is 8.77. The first-order valence-corrected chi connectivity index (χ1v) is 13.0. The SMILES string of the molecule is CC(C)(C)c1cc(/C=N\NC(=O)N/N=C\c2cc(C(C)(C)C)cc(C(C)(C)C)c2O)c(O)c(C(C)(C)C)c1. The summed E-state index contributed by atoms with van der Waals surface area (Å²) in [5.74, 6) is 0.275. The first kappa shape index (κ1) is 30.9. The summed E-state index contributed by atoms with van der Waals surface area (Å²) < 4.78 is 0. The van der Waals surface area contributed by atoms with Crippen molar-refractivity contribution in [3.63, 3.8) is 0 Å². The van der Waals surface area contributed by atoms with Gasteiger partial charge in [0.1, 0.15) is 11.5 Å². The van der Waals surface area contributed by atoms with Crippen LogP contribution in [0, 0.1) is 0 Å². The van der Waals surface area contributed by atoms with Crippen LogP contribution in [-0.2, 0) is 21.7 Å². The summed E-state index contributed by atoms with van der Waals surface area (Å²) in [6.07, 6.45) is 2.86. The van der Waals surface area contributed by atoms with E-state index in [0.717, 1.165) is 22.3 Å². The molecule has 2 amide bonds. The van der Waals surface area contributed by atoms with Crippen molar-refractivity contribution in [2.75, 3.05) is 0 Å². The van der Waals surface area contributed by atoms with Crippen molar-refractivity contribution in [2.45, 2.75) is 105 Å². The zero-order valence-corrected chi connectivity index (χ0v) is 25.2. The largest absolute Gasteiger partial charge is 0.507 e. The summed E-state index contributed by atoms with van der Waals surface area (Å²) in [4.78, 5) is 12.3. The number of nitrogens with zero attached hydrogens (tertiary/aromatic N) is 2. The molecule has 38 heavy (non-hydrogen) atoms. The number of hydrogen-bond acceptors (Lipinski definition) is 5. The van der Waals surface area contributed by atoms with Gasteiger partial charge in [0.05, 0.1) is 12.4 Å². The average Bonchev–Trinajstić information content (AvgIpc) is 2.72. The summed E-state index contributed by atoms with van der Waals surface area (Å²) in [5.41, 5.74) is 8.75. The van der Waals surface area contributed by atoms with E-state index < -0.39 is 6.03 Å². The first-order chi connectivity index (χ1) is 17.1. The van der Waals surface area contributed by atoms with E-state index in [-0.39, 0.29) is 33.2 Å². The fraction of sp³-hybridized carbons (Fsp3) is 0.516. The maximum Gasteiger partial charge on any atom is 0.355 e. The van der Waals surface area contributed by atoms with Gasteiger partial charge in [-0.1, -0.05) is 95.2 Å². The van der Waals surface area contributed by atoms with Gasteiger partial charge in [0.15, 0.2) is 0 Å². The highest BCUT2D eigenvalue weighted by molar-refractivity contribution is 5.87. The van der Waals surface area contributed by atoms with Gasteiger partial charge < -0.3 is 10.2 Å². The molecule has 0 atom stereocenters. The Bertz CT molecular complexity index is 1140. The molecular formula is C31H46N4O3. The van der Waals surface area contributed by atoms with E-state index >= 15 is 0 Å². The molecule has 2 aromatic carbocycles. The average molecular weight is 523 g/mol. The number of benzene rings is 2. The highest BCUT2D eigenvalue weighted by Gasteiger charge is 2.26. The van der Waals surface area contributed by atoms with Crippen LogP contribution >= 0.6 is 0 Å². The third-order valence-corrected chi connectivity index (χ3v) is 6.37. The Balaban J connectivity index is 2.24. The van der Waals surface area contributed by atoms with Gasteiger partial charge in [-0.2, -0.15) is 10.2 Å². The molecule has 4 N–H and O–H groups in total. The molecule has 7 nitrogen and oxygen atoms in total. The predicted molar refractivity (Wildman–Crippen MR) is 158 cm³/mol. The van der Waals surface area contributed by atoms with Gasteiger partial charge in [0.25, 0.3) is 0 Å². The van der Waals surface area contributed by atoms with Crippen molar-refractivity contribution >= 4 is 18.5 Å². The maximum absolute atomic E-state index is 12.3. The quantitative estimate of drug-likeness (QED) is 0.258. The minimum Gasteiger partial charge on any atom is -0.507 e. The molecule has 2 rings (SSSR count). The minimum absolute atomic E-state index is 0.126. The third-order valence-electron chi connectivity index (χ3n) is 6.37. The van der Waals surface area contributed by atoms with Gasteiger partial charge in [0, 0.05) is 22.3 Å². The molecule has 0 aromatic heterocycles. The number of hydrazone groups is 2. The standard InChI is InChI=1S/C31H46N4O3/c1-28(2,3)21-13-19(25(36)23(15-21)30(7,8)9)17-32-34-27(38)35-33-18-20-14-22(29(4,5)6)16-24(26(20)37)31(10,11)12/h13-18,36-37H,1-12H3,(H2,34,35,38)/b32-17-,33-18-. The van der Waals surface area contributed by atoms with Crippen LogP contribution in [0.3, 0.4) is 0 Å². The number of nitrogens with one attached hydrogen (secondary N) is 2. The number of aromatic hydroxyl groups is 2. The normalized spacial score (nSPS) is 13.4. The van der Waals surface area contributed by atoms with E-state index in [9.17, 15) is 15.0 Å². The number of amides is 2. The second-order valence-corrected chi connectivity index (χ2v) is 14.0. The van der Waals surface area contributed by atoms with E-state index in [1.54, 1.807) is 0 Å². The number of phenols is 2. The van der Waals surface area contributed by atoms with Crippen LogP contribution in [0.4, 0.5) is 4.79 Å². The molecule has 0 aliphatic heterocycles. The topological polar surface area (TPSA) is 106 Å². The summed E-state index contributed by atoms with van der Waals surface area (Å²) in [6.45, 7) is 24.9. The van der Waals surface area contributed by atoms with Gasteiger partial charge in [-0.3, -0.25) is 0 Å². The molecule has 0 fully saturated rings. The lowest BCUT2D eigenvalue weighted by Gasteiger charge is -2.26. The number of rotatable bonds is 4.